The molecule has 0 spiro atoms. The van der Waals surface area contributed by atoms with Crippen LogP contribution in [0, 0.1) is 58.7 Å². The number of hydrogen-bond donors (Lipinski definition) is 3. The van der Waals surface area contributed by atoms with Gasteiger partial charge in [0.25, 0.3) is 0 Å². The van der Waals surface area contributed by atoms with Gasteiger partial charge in [0, 0.05) is 25.0 Å². The van der Waals surface area contributed by atoms with E-state index in [0.29, 0.717) is 36.0 Å². The van der Waals surface area contributed by atoms with E-state index in [4.69, 9.17) is 4.74 Å². The molecular formula is C55H114Br3N3O5. The van der Waals surface area contributed by atoms with Gasteiger partial charge in [-0.15, -0.1) is 13.2 Å². The second-order valence-electron chi connectivity index (χ2n) is 19.3. The van der Waals surface area contributed by atoms with Gasteiger partial charge in [-0.2, -0.15) is 0 Å². The molecule has 400 valence electrons. The Morgan fingerprint density at radius 3 is 1.18 bits per heavy atom. The maximum atomic E-state index is 12.7. The molecule has 0 saturated heterocycles. The number of carbonyl (C=O) groups excluding carboxylic acids is 4. The number of esters is 1. The Bertz CT molecular complexity index is 1330. The number of rotatable bonds is 18. The van der Waals surface area contributed by atoms with Crippen LogP contribution in [-0.4, -0.2) is 63.4 Å². The lowest BCUT2D eigenvalue weighted by Gasteiger charge is -2.31. The van der Waals surface area contributed by atoms with E-state index < -0.39 is 18.4 Å². The summed E-state index contributed by atoms with van der Waals surface area (Å²) in [6, 6.07) is 0. The molecule has 0 aromatic carbocycles. The number of halogens is 3. The SMILES string of the molecule is C.C.C.C.C.C.C.C.C=CC1CC(C=C)C(CNC(=O)C(C)(C)Br)C1.CCC1CC(CC)C(CNC(=O)C(C)(C)Br)C1.CCC1CC(CC)C(CNC(=O)C(C)(C)CC(C)(Br)C(=O)OC)C1. The van der Waals surface area contributed by atoms with E-state index in [9.17, 15) is 19.2 Å². The van der Waals surface area contributed by atoms with Crippen LogP contribution in [0.1, 0.15) is 206 Å². The lowest BCUT2D eigenvalue weighted by Crippen LogP contribution is -2.45. The molecule has 0 aromatic rings. The Hall–Kier alpha value is -1.20. The Balaban J connectivity index is -0.000000122. The topological polar surface area (TPSA) is 114 Å². The molecule has 3 aliphatic rings. The minimum Gasteiger partial charge on any atom is -0.468 e. The van der Waals surface area contributed by atoms with E-state index >= 15 is 0 Å². The largest absolute Gasteiger partial charge is 0.468 e. The van der Waals surface area contributed by atoms with Gasteiger partial charge in [0.2, 0.25) is 17.7 Å². The highest BCUT2D eigenvalue weighted by Crippen LogP contribution is 2.41. The van der Waals surface area contributed by atoms with E-state index in [1.54, 1.807) is 6.92 Å². The molecule has 3 amide bonds. The monoisotopic (exact) mass is 1130 g/mol. The van der Waals surface area contributed by atoms with Gasteiger partial charge in [0.05, 0.1) is 15.8 Å². The number of ether oxygens (including phenoxy) is 1. The smallest absolute Gasteiger partial charge is 0.322 e. The number of methoxy groups -OCH3 is 1. The second kappa shape index (κ2) is 37.6. The molecule has 0 heterocycles. The van der Waals surface area contributed by atoms with Crippen molar-refractivity contribution in [3.8, 4) is 0 Å². The van der Waals surface area contributed by atoms with Gasteiger partial charge in [-0.1, -0.05) is 187 Å². The average Bonchev–Trinajstić information content (AvgIpc) is 3.89. The van der Waals surface area contributed by atoms with Crippen molar-refractivity contribution in [3.05, 3.63) is 25.3 Å². The van der Waals surface area contributed by atoms with Crippen LogP contribution in [0.2, 0.25) is 0 Å². The predicted octanol–water partition coefficient (Wildman–Crippen LogP) is 16.4. The molecule has 10 unspecified atom stereocenters. The van der Waals surface area contributed by atoms with Crippen LogP contribution < -0.4 is 16.0 Å². The molecule has 3 fully saturated rings. The Labute approximate surface area is 438 Å². The zero-order chi connectivity index (χ0) is 44.6. The lowest BCUT2D eigenvalue weighted by atomic mass is 9.82. The molecule has 11 heteroatoms. The van der Waals surface area contributed by atoms with Gasteiger partial charge in [-0.05, 0) is 133 Å². The molecule has 66 heavy (non-hydrogen) atoms. The summed E-state index contributed by atoms with van der Waals surface area (Å²) in [4.78, 5) is 48.1. The number of nitrogens with one attached hydrogen (secondary N) is 3. The van der Waals surface area contributed by atoms with E-state index in [2.05, 4.69) is 105 Å². The molecule has 0 aliphatic heterocycles. The van der Waals surface area contributed by atoms with Crippen LogP contribution in [0.4, 0.5) is 0 Å². The first-order valence-corrected chi connectivity index (χ1v) is 24.5. The maximum absolute atomic E-state index is 12.7. The first-order chi connectivity index (χ1) is 26.8. The minimum absolute atomic E-state index is 0. The van der Waals surface area contributed by atoms with Crippen molar-refractivity contribution in [2.45, 2.75) is 219 Å². The fraction of sp³-hybridized carbons (Fsp3) is 0.855. The van der Waals surface area contributed by atoms with E-state index in [1.165, 1.54) is 58.5 Å². The van der Waals surface area contributed by atoms with Crippen LogP contribution in [0.3, 0.4) is 0 Å². The zero-order valence-corrected chi connectivity index (χ0v) is 43.1. The highest BCUT2D eigenvalue weighted by molar-refractivity contribution is 9.10. The Morgan fingerprint density at radius 2 is 0.879 bits per heavy atom. The molecule has 3 aliphatic carbocycles. The highest BCUT2D eigenvalue weighted by Gasteiger charge is 2.42. The normalized spacial score (nSPS) is 24.7. The van der Waals surface area contributed by atoms with Crippen molar-refractivity contribution in [1.29, 1.82) is 0 Å². The molecule has 3 saturated carbocycles. The zero-order valence-electron chi connectivity index (χ0n) is 38.3. The van der Waals surface area contributed by atoms with Crippen molar-refractivity contribution in [1.82, 2.24) is 16.0 Å². The van der Waals surface area contributed by atoms with Gasteiger partial charge in [-0.3, -0.25) is 19.2 Å². The molecule has 3 rings (SSSR count). The van der Waals surface area contributed by atoms with Gasteiger partial charge in [0.15, 0.2) is 0 Å². The maximum Gasteiger partial charge on any atom is 0.322 e. The van der Waals surface area contributed by atoms with Crippen molar-refractivity contribution >= 4 is 71.5 Å². The highest BCUT2D eigenvalue weighted by atomic mass is 79.9. The second-order valence-corrected chi connectivity index (χ2v) is 25.0. The summed E-state index contributed by atoms with van der Waals surface area (Å²) in [6.07, 6.45) is 16.7. The quantitative estimate of drug-likeness (QED) is 0.0719. The van der Waals surface area contributed by atoms with Crippen molar-refractivity contribution < 1.29 is 23.9 Å². The van der Waals surface area contributed by atoms with Crippen molar-refractivity contribution in [3.63, 3.8) is 0 Å². The number of amides is 3. The Morgan fingerprint density at radius 1 is 0.530 bits per heavy atom. The van der Waals surface area contributed by atoms with Gasteiger partial charge < -0.3 is 20.7 Å². The first kappa shape index (κ1) is 81.8. The fourth-order valence-corrected chi connectivity index (χ4v) is 10.4. The van der Waals surface area contributed by atoms with E-state index in [-0.39, 0.29) is 83.1 Å². The van der Waals surface area contributed by atoms with Crippen LogP contribution in [0.25, 0.3) is 0 Å². The predicted molar refractivity (Wildman–Crippen MR) is 307 cm³/mol. The summed E-state index contributed by atoms with van der Waals surface area (Å²) in [6.45, 7) is 32.1. The number of alkyl halides is 3. The average molecular weight is 1140 g/mol. The molecule has 0 radical (unpaired) electrons. The molecular weight excluding hydrogens is 1020 g/mol. The van der Waals surface area contributed by atoms with Crippen LogP contribution in [-0.2, 0) is 23.9 Å². The van der Waals surface area contributed by atoms with Crippen LogP contribution >= 0.6 is 47.8 Å². The summed E-state index contributed by atoms with van der Waals surface area (Å²) in [5.41, 5.74) is -0.642. The third kappa shape index (κ3) is 27.3. The van der Waals surface area contributed by atoms with Crippen molar-refractivity contribution in [2.75, 3.05) is 26.7 Å². The molecule has 0 aromatic heterocycles. The Kier molecular flexibility index (Phi) is 46.6. The van der Waals surface area contributed by atoms with E-state index in [1.807, 2.05) is 53.7 Å². The third-order valence-electron chi connectivity index (χ3n) is 13.2. The lowest BCUT2D eigenvalue weighted by molar-refractivity contribution is -0.144. The fourth-order valence-electron chi connectivity index (χ4n) is 9.29. The number of carbonyl (C=O) groups is 4. The summed E-state index contributed by atoms with van der Waals surface area (Å²) >= 11 is 10.2. The summed E-state index contributed by atoms with van der Waals surface area (Å²) < 4.78 is 3.03. The summed E-state index contributed by atoms with van der Waals surface area (Å²) in [7, 11) is 1.37. The third-order valence-corrected chi connectivity index (χ3v) is 14.5. The van der Waals surface area contributed by atoms with Crippen molar-refractivity contribution in [2.24, 2.45) is 58.7 Å². The van der Waals surface area contributed by atoms with Gasteiger partial charge >= 0.3 is 5.97 Å². The van der Waals surface area contributed by atoms with Gasteiger partial charge in [-0.25, -0.2) is 0 Å². The molecule has 3 N–H and O–H groups in total. The molecule has 8 nitrogen and oxygen atoms in total. The molecule has 10 atom stereocenters. The van der Waals surface area contributed by atoms with Crippen LogP contribution in [0.15, 0.2) is 25.3 Å². The number of allylic oxidation sites excluding steroid dienone is 2. The standard InChI is InChI=1S/C19H34BrNO3.C14H26BrNO.C14H22BrNO.8CH4/c1-7-13-9-14(8-2)15(10-13)11-21-16(22)18(3,4)12-19(5,20)17(23)24-6;2*1-5-10-7-11(6-2)12(8-10)9-16-13(17)14(3,4)15;;;;;;;;/h13-15H,7-12H2,1-6H3,(H,21,22);10-12H,5-9H2,1-4H3,(H,16,17);5-6,10-12H,1-2,7-9H2,3-4H3,(H,16,17);8*1H4. The number of hydrogen-bond acceptors (Lipinski definition) is 5. The van der Waals surface area contributed by atoms with E-state index in [0.717, 1.165) is 56.1 Å². The molecule has 0 bridgehead atoms. The summed E-state index contributed by atoms with van der Waals surface area (Å²) in [5, 5.41) is 9.23. The first-order valence-electron chi connectivity index (χ1n) is 22.1. The van der Waals surface area contributed by atoms with Gasteiger partial charge in [0.1, 0.15) is 4.32 Å². The summed E-state index contributed by atoms with van der Waals surface area (Å²) in [5.74, 6) is 5.82. The van der Waals surface area contributed by atoms with Crippen LogP contribution in [0.5, 0.6) is 0 Å². The minimum atomic E-state index is -0.852.